The first kappa shape index (κ1) is 15.2. The minimum absolute atomic E-state index is 0.142. The van der Waals surface area contributed by atoms with E-state index in [1.165, 1.54) is 22.9 Å². The summed E-state index contributed by atoms with van der Waals surface area (Å²) in [5.74, 6) is 1.84. The maximum atomic E-state index is 14.1. The lowest BCUT2D eigenvalue weighted by atomic mass is 9.90. The zero-order chi connectivity index (χ0) is 16.7. The normalized spacial score (nSPS) is 15.8. The largest absolute Gasteiger partial charge is 0.454 e. The van der Waals surface area contributed by atoms with Crippen LogP contribution >= 0.6 is 0 Å². The highest BCUT2D eigenvalue weighted by Crippen LogP contribution is 2.37. The Hall–Kier alpha value is -2.36. The van der Waals surface area contributed by atoms with Crippen LogP contribution in [-0.4, -0.2) is 23.6 Å². The van der Waals surface area contributed by atoms with Crippen molar-refractivity contribution in [3.8, 4) is 11.5 Å². The Morgan fingerprint density at radius 2 is 1.88 bits per heavy atom. The van der Waals surface area contributed by atoms with Crippen LogP contribution in [0.4, 0.5) is 4.39 Å². The minimum atomic E-state index is -0.142. The van der Waals surface area contributed by atoms with Crippen molar-refractivity contribution in [3.63, 3.8) is 0 Å². The Labute approximate surface area is 141 Å². The van der Waals surface area contributed by atoms with E-state index in [1.807, 2.05) is 12.1 Å². The quantitative estimate of drug-likeness (QED) is 0.801. The summed E-state index contributed by atoms with van der Waals surface area (Å²) in [6.45, 7) is 6.13. The van der Waals surface area contributed by atoms with E-state index in [4.69, 9.17) is 9.47 Å². The van der Waals surface area contributed by atoms with Crippen molar-refractivity contribution in [1.29, 1.82) is 0 Å². The fourth-order valence-electron chi connectivity index (χ4n) is 3.65. The molecule has 0 bridgehead atoms. The summed E-state index contributed by atoms with van der Waals surface area (Å²) in [7, 11) is 0. The molecule has 24 heavy (non-hydrogen) atoms. The molecule has 0 saturated heterocycles. The van der Waals surface area contributed by atoms with Crippen molar-refractivity contribution >= 4 is 5.71 Å². The predicted octanol–water partition coefficient (Wildman–Crippen LogP) is 3.77. The van der Waals surface area contributed by atoms with E-state index < -0.39 is 0 Å². The number of rotatable bonds is 3. The maximum absolute atomic E-state index is 14.1. The predicted molar refractivity (Wildman–Crippen MR) is 90.4 cm³/mol. The second kappa shape index (κ2) is 5.93. The molecule has 0 unspecified atom stereocenters. The molecule has 0 spiro atoms. The molecule has 2 aliphatic rings. The van der Waals surface area contributed by atoms with E-state index in [9.17, 15) is 4.39 Å². The SMILES string of the molecule is CC(C)C1=[N+](Cc2ccccc2F)CCc2cc3c(cc21)OCO3. The van der Waals surface area contributed by atoms with Crippen LogP contribution in [0.3, 0.4) is 0 Å². The zero-order valence-corrected chi connectivity index (χ0v) is 14.0. The van der Waals surface area contributed by atoms with Crippen molar-refractivity contribution in [3.05, 3.63) is 58.9 Å². The topological polar surface area (TPSA) is 21.5 Å². The molecule has 0 N–H and O–H groups in total. The molecule has 2 aromatic rings. The van der Waals surface area contributed by atoms with Gasteiger partial charge in [0.05, 0.1) is 5.56 Å². The first-order valence-electron chi connectivity index (χ1n) is 8.41. The van der Waals surface area contributed by atoms with Crippen molar-refractivity contribution in [1.82, 2.24) is 0 Å². The average Bonchev–Trinajstić information content (AvgIpc) is 3.01. The highest BCUT2D eigenvalue weighted by molar-refractivity contribution is 6.00. The molecule has 2 heterocycles. The van der Waals surface area contributed by atoms with Gasteiger partial charge in [-0.2, -0.15) is 0 Å². The fourth-order valence-corrected chi connectivity index (χ4v) is 3.65. The van der Waals surface area contributed by atoms with Crippen LogP contribution in [0.25, 0.3) is 0 Å². The molecule has 0 aromatic heterocycles. The lowest BCUT2D eigenvalue weighted by Gasteiger charge is -2.21. The smallest absolute Gasteiger partial charge is 0.231 e. The zero-order valence-electron chi connectivity index (χ0n) is 14.0. The van der Waals surface area contributed by atoms with E-state index in [2.05, 4.69) is 30.6 Å². The van der Waals surface area contributed by atoms with Crippen LogP contribution in [0, 0.1) is 11.7 Å². The molecule has 0 fully saturated rings. The van der Waals surface area contributed by atoms with Crippen LogP contribution in [-0.2, 0) is 13.0 Å². The van der Waals surface area contributed by atoms with Crippen LogP contribution in [0.5, 0.6) is 11.5 Å². The summed E-state index contributed by atoms with van der Waals surface area (Å²) in [6, 6.07) is 11.2. The van der Waals surface area contributed by atoms with Crippen molar-refractivity contribution in [2.45, 2.75) is 26.8 Å². The van der Waals surface area contributed by atoms with Crippen LogP contribution in [0.15, 0.2) is 36.4 Å². The molecule has 4 heteroatoms. The number of ether oxygens (including phenoxy) is 2. The van der Waals surface area contributed by atoms with Crippen molar-refractivity contribution in [2.24, 2.45) is 5.92 Å². The highest BCUT2D eigenvalue weighted by Gasteiger charge is 2.31. The summed E-state index contributed by atoms with van der Waals surface area (Å²) in [5, 5.41) is 0. The number of hydrogen-bond donors (Lipinski definition) is 0. The van der Waals surface area contributed by atoms with E-state index in [1.54, 1.807) is 6.07 Å². The summed E-state index contributed by atoms with van der Waals surface area (Å²) in [4.78, 5) is 0. The summed E-state index contributed by atoms with van der Waals surface area (Å²) in [6.07, 6.45) is 0.927. The van der Waals surface area contributed by atoms with E-state index in [-0.39, 0.29) is 12.6 Å². The lowest BCUT2D eigenvalue weighted by molar-refractivity contribution is -0.547. The molecular weight excluding hydrogens is 305 g/mol. The van der Waals surface area contributed by atoms with E-state index in [0.717, 1.165) is 30.0 Å². The standard InChI is InChI=1S/C20H21FNO2/c1-13(2)20-16-10-19-18(23-12-24-19)9-14(16)7-8-22(20)11-15-5-3-4-6-17(15)21/h3-6,9-10,13H,7-8,11-12H2,1-2H3/q+1. The van der Waals surface area contributed by atoms with Gasteiger partial charge in [-0.15, -0.1) is 0 Å². The second-order valence-electron chi connectivity index (χ2n) is 6.67. The first-order valence-corrected chi connectivity index (χ1v) is 8.41. The second-order valence-corrected chi connectivity index (χ2v) is 6.67. The molecule has 4 rings (SSSR count). The van der Waals surface area contributed by atoms with Crippen molar-refractivity contribution < 1.29 is 18.4 Å². The lowest BCUT2D eigenvalue weighted by Crippen LogP contribution is -2.33. The molecule has 2 aliphatic heterocycles. The number of nitrogens with zero attached hydrogens (tertiary/aromatic N) is 1. The number of halogens is 1. The Morgan fingerprint density at radius 1 is 1.12 bits per heavy atom. The first-order chi connectivity index (χ1) is 11.6. The van der Waals surface area contributed by atoms with Crippen LogP contribution in [0.1, 0.15) is 30.5 Å². The Morgan fingerprint density at radius 3 is 2.62 bits per heavy atom. The molecule has 0 aliphatic carbocycles. The molecule has 0 saturated carbocycles. The van der Waals surface area contributed by atoms with Gasteiger partial charge in [-0.05, 0) is 29.8 Å². The number of hydrogen-bond acceptors (Lipinski definition) is 2. The number of fused-ring (bicyclic) bond motifs is 2. The molecule has 0 amide bonds. The van der Waals surface area contributed by atoms with Gasteiger partial charge in [0.2, 0.25) is 6.79 Å². The molecule has 124 valence electrons. The van der Waals surface area contributed by atoms with Crippen molar-refractivity contribution in [2.75, 3.05) is 13.3 Å². The van der Waals surface area contributed by atoms with Crippen LogP contribution < -0.4 is 9.47 Å². The van der Waals surface area contributed by atoms with E-state index in [0.29, 0.717) is 12.5 Å². The fraction of sp³-hybridized carbons (Fsp3) is 0.350. The maximum Gasteiger partial charge on any atom is 0.231 e. The van der Waals surface area contributed by atoms with Gasteiger partial charge in [-0.1, -0.05) is 26.0 Å². The van der Waals surface area contributed by atoms with Gasteiger partial charge >= 0.3 is 0 Å². The van der Waals surface area contributed by atoms with Gasteiger partial charge in [0.15, 0.2) is 23.8 Å². The van der Waals surface area contributed by atoms with Gasteiger partial charge in [0.25, 0.3) is 0 Å². The Balaban J connectivity index is 1.80. The third kappa shape index (κ3) is 2.56. The number of benzene rings is 2. The molecule has 0 radical (unpaired) electrons. The molecule has 2 aromatic carbocycles. The van der Waals surface area contributed by atoms with Gasteiger partial charge < -0.3 is 9.47 Å². The molecule has 3 nitrogen and oxygen atoms in total. The third-order valence-electron chi connectivity index (χ3n) is 4.73. The average molecular weight is 326 g/mol. The third-order valence-corrected chi connectivity index (χ3v) is 4.73. The summed E-state index contributed by atoms with van der Waals surface area (Å²) in [5.41, 5.74) is 4.47. The highest BCUT2D eigenvalue weighted by atomic mass is 19.1. The molecule has 0 atom stereocenters. The monoisotopic (exact) mass is 326 g/mol. The minimum Gasteiger partial charge on any atom is -0.454 e. The summed E-state index contributed by atoms with van der Waals surface area (Å²) >= 11 is 0. The van der Waals surface area contributed by atoms with Gasteiger partial charge in [-0.25, -0.2) is 8.97 Å². The Bertz CT molecular complexity index is 826. The van der Waals surface area contributed by atoms with E-state index >= 15 is 0 Å². The van der Waals surface area contributed by atoms with Gasteiger partial charge in [-0.3, -0.25) is 0 Å². The van der Waals surface area contributed by atoms with Gasteiger partial charge in [0.1, 0.15) is 12.4 Å². The summed E-state index contributed by atoms with van der Waals surface area (Å²) < 4.78 is 27.4. The van der Waals surface area contributed by atoms with Gasteiger partial charge in [0, 0.05) is 17.9 Å². The molecular formula is C20H21FNO2+. The Kier molecular flexibility index (Phi) is 3.75. The van der Waals surface area contributed by atoms with Crippen LogP contribution in [0.2, 0.25) is 0 Å².